The highest BCUT2D eigenvalue weighted by Gasteiger charge is 2.59. The largest absolute Gasteiger partial charge is 0.456 e. The van der Waals surface area contributed by atoms with Crippen LogP contribution in [0, 0.1) is 16.7 Å². The van der Waals surface area contributed by atoms with Gasteiger partial charge in [0.1, 0.15) is 0 Å². The van der Waals surface area contributed by atoms with Gasteiger partial charge in [0.05, 0.1) is 5.41 Å². The van der Waals surface area contributed by atoms with Crippen molar-refractivity contribution in [3.63, 3.8) is 0 Å². The Bertz CT molecular complexity index is 582. The fourth-order valence-electron chi connectivity index (χ4n) is 2.96. The molecular weight excluding hydrogens is 399 g/mol. The van der Waals surface area contributed by atoms with Gasteiger partial charge in [0, 0.05) is 0 Å². The molecule has 0 aliphatic carbocycles. The molecule has 0 saturated carbocycles. The summed E-state index contributed by atoms with van der Waals surface area (Å²) in [6.45, 7) is 11.5. The van der Waals surface area contributed by atoms with Crippen LogP contribution < -0.4 is 0 Å². The Morgan fingerprint density at radius 1 is 0.862 bits per heavy atom. The summed E-state index contributed by atoms with van der Waals surface area (Å²) >= 11 is 0. The number of rotatable bonds is 10. The molecule has 0 heterocycles. The third-order valence-electron chi connectivity index (χ3n) is 5.53. The Labute approximate surface area is 169 Å². The van der Waals surface area contributed by atoms with Gasteiger partial charge >= 0.3 is 24.0 Å². The average molecular weight is 432 g/mol. The third-order valence-corrected chi connectivity index (χ3v) is 5.53. The first-order chi connectivity index (χ1) is 12.8. The molecule has 4 nitrogen and oxygen atoms in total. The molecule has 0 bridgehead atoms. The molecule has 0 amide bonds. The van der Waals surface area contributed by atoms with Gasteiger partial charge < -0.3 is 9.47 Å². The summed E-state index contributed by atoms with van der Waals surface area (Å²) in [5, 5.41) is 0. The van der Waals surface area contributed by atoms with E-state index in [1.165, 1.54) is 0 Å². The standard InChI is InChI=1S/C20H33F5O4/c1-9-16(5,6)11-18(10-2,13(3)4)15(27)29-17(7,8)14(26)28-12-19(21,22)20(23,24)25/h13H,9-12H2,1-8H3. The quantitative estimate of drug-likeness (QED) is 0.317. The Morgan fingerprint density at radius 3 is 1.69 bits per heavy atom. The van der Waals surface area contributed by atoms with Gasteiger partial charge in [0.2, 0.25) is 5.60 Å². The zero-order valence-corrected chi connectivity index (χ0v) is 18.4. The number of halogens is 5. The Morgan fingerprint density at radius 2 is 1.34 bits per heavy atom. The monoisotopic (exact) mass is 432 g/mol. The molecule has 1 atom stereocenters. The summed E-state index contributed by atoms with van der Waals surface area (Å²) < 4.78 is 72.2. The molecule has 0 aliphatic heterocycles. The molecule has 0 radical (unpaired) electrons. The number of ether oxygens (including phenoxy) is 2. The molecule has 29 heavy (non-hydrogen) atoms. The van der Waals surface area contributed by atoms with Gasteiger partial charge in [0.15, 0.2) is 6.61 Å². The highest BCUT2D eigenvalue weighted by atomic mass is 19.4. The van der Waals surface area contributed by atoms with E-state index in [0.717, 1.165) is 20.3 Å². The van der Waals surface area contributed by atoms with E-state index in [2.05, 4.69) is 4.74 Å². The minimum absolute atomic E-state index is 0.160. The molecular formula is C20H33F5O4. The van der Waals surface area contributed by atoms with Crippen LogP contribution in [0.2, 0.25) is 0 Å². The summed E-state index contributed by atoms with van der Waals surface area (Å²) in [5.74, 6) is -7.54. The minimum Gasteiger partial charge on any atom is -0.456 e. The maximum Gasteiger partial charge on any atom is 0.456 e. The molecule has 0 fully saturated rings. The topological polar surface area (TPSA) is 52.6 Å². The lowest BCUT2D eigenvalue weighted by Gasteiger charge is -2.42. The lowest BCUT2D eigenvalue weighted by atomic mass is 9.64. The van der Waals surface area contributed by atoms with E-state index < -0.39 is 41.7 Å². The maximum atomic E-state index is 13.1. The van der Waals surface area contributed by atoms with Crippen LogP contribution in [0.25, 0.3) is 0 Å². The van der Waals surface area contributed by atoms with E-state index in [4.69, 9.17) is 4.74 Å². The van der Waals surface area contributed by atoms with Crippen LogP contribution in [0.15, 0.2) is 0 Å². The smallest absolute Gasteiger partial charge is 0.456 e. The second kappa shape index (κ2) is 9.16. The van der Waals surface area contributed by atoms with Gasteiger partial charge in [-0.25, -0.2) is 4.79 Å². The number of carbonyl (C=O) groups is 2. The zero-order chi connectivity index (χ0) is 23.5. The Hall–Kier alpha value is -1.41. The Balaban J connectivity index is 5.50. The second-order valence-corrected chi connectivity index (χ2v) is 9.04. The van der Waals surface area contributed by atoms with Crippen molar-refractivity contribution in [1.82, 2.24) is 0 Å². The molecule has 0 rings (SSSR count). The van der Waals surface area contributed by atoms with Crippen LogP contribution in [0.5, 0.6) is 0 Å². The van der Waals surface area contributed by atoms with Crippen LogP contribution in [0.1, 0.15) is 74.7 Å². The number of hydrogen-bond acceptors (Lipinski definition) is 4. The van der Waals surface area contributed by atoms with E-state index in [0.29, 0.717) is 12.8 Å². The summed E-state index contributed by atoms with van der Waals surface area (Å²) in [5.41, 5.74) is -3.18. The molecule has 172 valence electrons. The van der Waals surface area contributed by atoms with Crippen LogP contribution in [-0.4, -0.2) is 36.2 Å². The highest BCUT2D eigenvalue weighted by Crippen LogP contribution is 2.45. The van der Waals surface area contributed by atoms with Crippen molar-refractivity contribution in [2.24, 2.45) is 16.7 Å². The minimum atomic E-state index is -5.85. The van der Waals surface area contributed by atoms with Crippen molar-refractivity contribution in [1.29, 1.82) is 0 Å². The molecule has 0 saturated heterocycles. The van der Waals surface area contributed by atoms with E-state index in [1.807, 2.05) is 41.5 Å². The molecule has 0 aromatic carbocycles. The van der Waals surface area contributed by atoms with Gasteiger partial charge in [-0.15, -0.1) is 0 Å². The van der Waals surface area contributed by atoms with Crippen molar-refractivity contribution >= 4 is 11.9 Å². The molecule has 0 aromatic rings. The first-order valence-corrected chi connectivity index (χ1v) is 9.63. The van der Waals surface area contributed by atoms with Crippen LogP contribution in [0.4, 0.5) is 22.0 Å². The second-order valence-electron chi connectivity index (χ2n) is 9.04. The van der Waals surface area contributed by atoms with Crippen molar-refractivity contribution < 1.29 is 41.0 Å². The average Bonchev–Trinajstić information content (AvgIpc) is 2.55. The summed E-state index contributed by atoms with van der Waals surface area (Å²) in [4.78, 5) is 25.2. The number of alkyl halides is 5. The van der Waals surface area contributed by atoms with Crippen LogP contribution in [-0.2, 0) is 19.1 Å². The number of hydrogen-bond donors (Lipinski definition) is 0. The predicted octanol–water partition coefficient (Wildman–Crippen LogP) is 5.93. The molecule has 1 unspecified atom stereocenters. The lowest BCUT2D eigenvalue weighted by Crippen LogP contribution is -2.49. The summed E-state index contributed by atoms with van der Waals surface area (Å²) in [7, 11) is 0. The van der Waals surface area contributed by atoms with E-state index in [9.17, 15) is 31.5 Å². The first-order valence-electron chi connectivity index (χ1n) is 9.63. The zero-order valence-electron chi connectivity index (χ0n) is 18.4. The fraction of sp³-hybridized carbons (Fsp3) is 0.900. The van der Waals surface area contributed by atoms with Gasteiger partial charge in [-0.05, 0) is 38.0 Å². The van der Waals surface area contributed by atoms with E-state index >= 15 is 0 Å². The van der Waals surface area contributed by atoms with Crippen molar-refractivity contribution in [2.75, 3.05) is 6.61 Å². The normalized spacial score (nSPS) is 15.8. The van der Waals surface area contributed by atoms with Crippen molar-refractivity contribution in [3.8, 4) is 0 Å². The first kappa shape index (κ1) is 27.6. The molecule has 0 N–H and O–H groups in total. The maximum absolute atomic E-state index is 13.1. The van der Waals surface area contributed by atoms with Crippen LogP contribution >= 0.6 is 0 Å². The predicted molar refractivity (Wildman–Crippen MR) is 98.4 cm³/mol. The number of carbonyl (C=O) groups excluding carboxylic acids is 2. The molecule has 9 heteroatoms. The SMILES string of the molecule is CCC(C)(C)CC(CC)(C(=O)OC(C)(C)C(=O)OCC(F)(F)C(F)(F)F)C(C)C. The lowest BCUT2D eigenvalue weighted by molar-refractivity contribution is -0.295. The van der Waals surface area contributed by atoms with E-state index in [1.54, 1.807) is 0 Å². The molecule has 0 aliphatic rings. The highest BCUT2D eigenvalue weighted by molar-refractivity contribution is 5.85. The van der Waals surface area contributed by atoms with Gasteiger partial charge in [-0.2, -0.15) is 22.0 Å². The van der Waals surface area contributed by atoms with Crippen molar-refractivity contribution in [2.45, 2.75) is 92.4 Å². The summed E-state index contributed by atoms with van der Waals surface area (Å²) in [6.07, 6.45) is -4.20. The molecule has 0 aromatic heterocycles. The van der Waals surface area contributed by atoms with Gasteiger partial charge in [-0.3, -0.25) is 4.79 Å². The van der Waals surface area contributed by atoms with E-state index in [-0.39, 0.29) is 11.3 Å². The fourth-order valence-corrected chi connectivity index (χ4v) is 2.96. The van der Waals surface area contributed by atoms with Gasteiger partial charge in [-0.1, -0.05) is 48.0 Å². The third kappa shape index (κ3) is 6.81. The Kier molecular flexibility index (Phi) is 8.72. The number of esters is 2. The van der Waals surface area contributed by atoms with Crippen LogP contribution in [0.3, 0.4) is 0 Å². The molecule has 0 spiro atoms. The van der Waals surface area contributed by atoms with Crippen molar-refractivity contribution in [3.05, 3.63) is 0 Å². The van der Waals surface area contributed by atoms with Gasteiger partial charge in [0.25, 0.3) is 0 Å². The summed E-state index contributed by atoms with van der Waals surface area (Å²) in [6, 6.07) is 0.